The van der Waals surface area contributed by atoms with E-state index in [2.05, 4.69) is 27.5 Å². The number of piperazine rings is 1. The molecule has 5 heterocycles. The molecule has 11 nitrogen and oxygen atoms in total. The number of piperidine rings is 2. The van der Waals surface area contributed by atoms with Crippen LogP contribution < -0.4 is 16.4 Å². The third kappa shape index (κ3) is 8.54. The monoisotopic (exact) mass is 758 g/mol. The minimum absolute atomic E-state index is 0.147. The number of anilines is 2. The van der Waals surface area contributed by atoms with Crippen molar-refractivity contribution in [2.24, 2.45) is 0 Å². The third-order valence-electron chi connectivity index (χ3n) is 10.8. The Morgan fingerprint density at radius 2 is 1.46 bits per heavy atom. The van der Waals surface area contributed by atoms with Crippen molar-refractivity contribution in [3.8, 4) is 0 Å². The number of rotatable bonds is 6. The number of halogens is 6. The lowest BCUT2D eigenvalue weighted by Gasteiger charge is -2.43. The molecule has 4 aliphatic heterocycles. The molecule has 0 bridgehead atoms. The lowest BCUT2D eigenvalue weighted by molar-refractivity contribution is -0.141. The minimum atomic E-state index is -5.19. The number of alkyl halides is 6. The zero-order chi connectivity index (χ0) is 37.4. The van der Waals surface area contributed by atoms with Gasteiger partial charge in [-0.25, -0.2) is 9.59 Å². The van der Waals surface area contributed by atoms with E-state index in [1.54, 1.807) is 4.90 Å². The molecule has 0 saturated carbocycles. The number of fused-ring (bicyclic) bond motifs is 1. The predicted octanol–water partition coefficient (Wildman–Crippen LogP) is 4.78. The maximum Gasteiger partial charge on any atom is 0.418 e. The third-order valence-corrected chi connectivity index (χ3v) is 11.6. The molecule has 5 amide bonds. The highest BCUT2D eigenvalue weighted by Crippen LogP contribution is 2.42. The van der Waals surface area contributed by atoms with Crippen molar-refractivity contribution < 1.29 is 40.7 Å². The molecular weight excluding hydrogens is 714 g/mol. The molecule has 286 valence electrons. The van der Waals surface area contributed by atoms with Gasteiger partial charge in [0.1, 0.15) is 6.04 Å². The molecule has 18 heteroatoms. The molecule has 1 aromatic heterocycles. The number of thiophene rings is 1. The van der Waals surface area contributed by atoms with E-state index in [1.165, 1.54) is 21.1 Å². The maximum absolute atomic E-state index is 14.0. The molecule has 1 aromatic carbocycles. The Morgan fingerprint density at radius 3 is 2.06 bits per heavy atom. The predicted molar refractivity (Wildman–Crippen MR) is 184 cm³/mol. The number of nitrogens with two attached hydrogens (primary N) is 1. The van der Waals surface area contributed by atoms with Crippen molar-refractivity contribution in [3.63, 3.8) is 0 Å². The van der Waals surface area contributed by atoms with E-state index in [9.17, 15) is 40.7 Å². The first-order valence-electron chi connectivity index (χ1n) is 17.5. The first-order chi connectivity index (χ1) is 24.6. The van der Waals surface area contributed by atoms with Crippen molar-refractivity contribution in [2.75, 3.05) is 77.0 Å². The number of benzene rings is 1. The highest BCUT2D eigenvalue weighted by Gasteiger charge is 2.42. The van der Waals surface area contributed by atoms with Gasteiger partial charge in [-0.1, -0.05) is 0 Å². The van der Waals surface area contributed by atoms with Crippen LogP contribution in [0.15, 0.2) is 22.9 Å². The zero-order valence-electron chi connectivity index (χ0n) is 28.9. The Labute approximate surface area is 302 Å². The number of nitrogens with zero attached hydrogens (tertiary/aromatic N) is 5. The molecule has 0 spiro atoms. The fourth-order valence-corrected chi connectivity index (χ4v) is 8.57. The minimum Gasteiger partial charge on any atom is -0.398 e. The van der Waals surface area contributed by atoms with Crippen LogP contribution in [0.2, 0.25) is 0 Å². The Hall–Kier alpha value is -3.77. The molecule has 0 aliphatic carbocycles. The van der Waals surface area contributed by atoms with Gasteiger partial charge in [0, 0.05) is 69.7 Å². The van der Waals surface area contributed by atoms with Gasteiger partial charge in [-0.05, 0) is 80.9 Å². The van der Waals surface area contributed by atoms with Gasteiger partial charge in [0.15, 0.2) is 0 Å². The van der Waals surface area contributed by atoms with Crippen LogP contribution in [0.5, 0.6) is 0 Å². The first kappa shape index (κ1) is 38.0. The van der Waals surface area contributed by atoms with Crippen LogP contribution in [0.25, 0.3) is 0 Å². The Kier molecular flexibility index (Phi) is 11.2. The van der Waals surface area contributed by atoms with Crippen molar-refractivity contribution in [2.45, 2.75) is 69.0 Å². The van der Waals surface area contributed by atoms with Crippen molar-refractivity contribution in [3.05, 3.63) is 45.1 Å². The SMILES string of the molecule is CN1CCC(N2CCN(C(=O)[C@@H](Cc3cc(C(F)(F)F)c(N)c(C(F)(F)F)c3)NC(=O)N3CCC(N4CCc5cscc5NC4=O)CC3)CC2)CC1. The van der Waals surface area contributed by atoms with Crippen LogP contribution in [-0.2, 0) is 30.0 Å². The van der Waals surface area contributed by atoms with Gasteiger partial charge in [-0.15, -0.1) is 11.3 Å². The molecular formula is C34H44F6N8O3S. The Morgan fingerprint density at radius 1 is 0.865 bits per heavy atom. The quantitative estimate of drug-likeness (QED) is 0.289. The highest BCUT2D eigenvalue weighted by atomic mass is 32.1. The Bertz CT molecular complexity index is 1580. The largest absolute Gasteiger partial charge is 0.418 e. The molecule has 0 radical (unpaired) electrons. The number of amides is 5. The smallest absolute Gasteiger partial charge is 0.398 e. The van der Waals surface area contributed by atoms with Gasteiger partial charge in [-0.2, -0.15) is 26.3 Å². The summed E-state index contributed by atoms with van der Waals surface area (Å²) in [5.74, 6) is -0.584. The van der Waals surface area contributed by atoms with Crippen LogP contribution in [0.4, 0.5) is 47.3 Å². The van der Waals surface area contributed by atoms with E-state index in [0.29, 0.717) is 70.2 Å². The number of carbonyl (C=O) groups excluding carboxylic acids is 3. The summed E-state index contributed by atoms with van der Waals surface area (Å²) in [7, 11) is 2.06. The van der Waals surface area contributed by atoms with Gasteiger partial charge in [0.05, 0.1) is 22.5 Å². The average molecular weight is 759 g/mol. The van der Waals surface area contributed by atoms with E-state index in [4.69, 9.17) is 5.73 Å². The van der Waals surface area contributed by atoms with Crippen LogP contribution in [0.3, 0.4) is 0 Å². The molecule has 3 saturated heterocycles. The number of likely N-dealkylation sites (tertiary alicyclic amines) is 2. The topological polar surface area (TPSA) is 117 Å². The summed E-state index contributed by atoms with van der Waals surface area (Å²) < 4.78 is 83.3. The van der Waals surface area contributed by atoms with Crippen molar-refractivity contribution in [1.82, 2.24) is 29.8 Å². The maximum atomic E-state index is 14.0. The zero-order valence-corrected chi connectivity index (χ0v) is 29.7. The van der Waals surface area contributed by atoms with Gasteiger partial charge >= 0.3 is 24.4 Å². The molecule has 52 heavy (non-hydrogen) atoms. The van der Waals surface area contributed by atoms with Crippen LogP contribution in [0.1, 0.15) is 47.9 Å². The van der Waals surface area contributed by atoms with E-state index in [1.807, 2.05) is 10.8 Å². The normalized spacial score (nSPS) is 21.1. The number of hydrogen-bond donors (Lipinski definition) is 3. The van der Waals surface area contributed by atoms with Gasteiger partial charge in [0.25, 0.3) is 0 Å². The summed E-state index contributed by atoms with van der Waals surface area (Å²) in [5.41, 5.74) is 2.02. The summed E-state index contributed by atoms with van der Waals surface area (Å²) in [6, 6.07) is -1.07. The first-order valence-corrected chi connectivity index (χ1v) is 18.5. The van der Waals surface area contributed by atoms with E-state index in [0.717, 1.165) is 37.2 Å². The van der Waals surface area contributed by atoms with Crippen molar-refractivity contribution in [1.29, 1.82) is 0 Å². The Balaban J connectivity index is 1.16. The molecule has 6 rings (SSSR count). The fourth-order valence-electron chi connectivity index (χ4n) is 7.75. The van der Waals surface area contributed by atoms with Crippen molar-refractivity contribution >= 4 is 40.7 Å². The van der Waals surface area contributed by atoms with E-state index in [-0.39, 0.29) is 25.2 Å². The molecule has 2 aromatic rings. The summed E-state index contributed by atoms with van der Waals surface area (Å²) in [6.07, 6.45) is -7.43. The fraction of sp³-hybridized carbons (Fsp3) is 0.618. The number of nitrogen functional groups attached to an aromatic ring is 1. The average Bonchev–Trinajstić information content (AvgIpc) is 3.47. The van der Waals surface area contributed by atoms with Gasteiger partial charge in [0.2, 0.25) is 5.91 Å². The van der Waals surface area contributed by atoms with Gasteiger partial charge < -0.3 is 36.0 Å². The second-order valence-corrected chi connectivity index (χ2v) is 14.8. The molecule has 1 atom stereocenters. The van der Waals surface area contributed by atoms with Crippen LogP contribution >= 0.6 is 11.3 Å². The van der Waals surface area contributed by atoms with Crippen LogP contribution in [0, 0.1) is 0 Å². The van der Waals surface area contributed by atoms with E-state index < -0.39 is 59.1 Å². The highest BCUT2D eigenvalue weighted by molar-refractivity contribution is 7.08. The second kappa shape index (κ2) is 15.3. The number of carbonyl (C=O) groups is 3. The lowest BCUT2D eigenvalue weighted by atomic mass is 9.96. The summed E-state index contributed by atoms with van der Waals surface area (Å²) in [6.45, 7) is 4.61. The summed E-state index contributed by atoms with van der Waals surface area (Å²) in [4.78, 5) is 50.0. The van der Waals surface area contributed by atoms with Crippen LogP contribution in [-0.4, -0.2) is 127 Å². The molecule has 3 fully saturated rings. The standard InChI is InChI=1S/C34H44F6N8O3S/c1-44-7-3-23(4-8-44)45-12-14-46(15-13-45)30(49)27(18-21-16-25(33(35,36)37)29(41)26(17-21)34(38,39)40)42-31(50)47-9-5-24(6-10-47)48-11-2-22-19-52-20-28(22)43-32(48)51/h16-17,19-20,23-24,27H,2-15,18,41H2,1H3,(H,42,50)(H,43,51)/t27-/m1/s1. The number of nitrogens with one attached hydrogen (secondary N) is 2. The summed E-state index contributed by atoms with van der Waals surface area (Å²) >= 11 is 1.51. The molecule has 4 N–H and O–H groups in total. The van der Waals surface area contributed by atoms with E-state index >= 15 is 0 Å². The van der Waals surface area contributed by atoms with Gasteiger partial charge in [-0.3, -0.25) is 9.69 Å². The second-order valence-electron chi connectivity index (χ2n) is 14.1. The molecule has 0 unspecified atom stereocenters. The number of hydrogen-bond acceptors (Lipinski definition) is 7. The molecule has 4 aliphatic rings. The number of urea groups is 2. The summed E-state index contributed by atoms with van der Waals surface area (Å²) in [5, 5.41) is 9.48. The lowest BCUT2D eigenvalue weighted by Crippen LogP contribution is -2.59.